The molecule has 0 aliphatic heterocycles. The van der Waals surface area contributed by atoms with Crippen molar-refractivity contribution in [3.05, 3.63) is 35.4 Å². The second kappa shape index (κ2) is 7.35. The van der Waals surface area contributed by atoms with Crippen LogP contribution in [-0.2, 0) is 0 Å². The first-order valence-electron chi connectivity index (χ1n) is 7.67. The number of hydrogen-bond donors (Lipinski definition) is 1. The van der Waals surface area contributed by atoms with Crippen molar-refractivity contribution in [1.29, 1.82) is 0 Å². The standard InChI is InChI=1S/C17H27NS/c1-4-17(14-8-6-13(3)7-9-14)18-15-10-11-16(12-15)19-5-2/h6-9,15-18H,4-5,10-12H2,1-3H3. The van der Waals surface area contributed by atoms with Crippen LogP contribution in [0.25, 0.3) is 0 Å². The Balaban J connectivity index is 1.91. The molecule has 1 nitrogen and oxygen atoms in total. The SMILES string of the molecule is CCSC1CCC(NC(CC)c2ccc(C)cc2)C1. The molecule has 1 aromatic rings. The Morgan fingerprint density at radius 1 is 1.21 bits per heavy atom. The fourth-order valence-corrected chi connectivity index (χ4v) is 4.15. The van der Waals surface area contributed by atoms with E-state index in [1.165, 1.54) is 42.6 Å². The van der Waals surface area contributed by atoms with E-state index >= 15 is 0 Å². The third-order valence-electron chi connectivity index (χ3n) is 4.11. The van der Waals surface area contributed by atoms with Crippen LogP contribution >= 0.6 is 11.8 Å². The van der Waals surface area contributed by atoms with Crippen LogP contribution in [0.1, 0.15) is 56.7 Å². The molecule has 0 aromatic heterocycles. The zero-order valence-electron chi connectivity index (χ0n) is 12.5. The molecule has 19 heavy (non-hydrogen) atoms. The second-order valence-electron chi connectivity index (χ2n) is 5.63. The van der Waals surface area contributed by atoms with Gasteiger partial charge in [0.1, 0.15) is 0 Å². The average Bonchev–Trinajstić information content (AvgIpc) is 2.85. The minimum atomic E-state index is 0.524. The summed E-state index contributed by atoms with van der Waals surface area (Å²) in [4.78, 5) is 0. The van der Waals surface area contributed by atoms with Gasteiger partial charge in [0.05, 0.1) is 0 Å². The van der Waals surface area contributed by atoms with Crippen LogP contribution in [0.4, 0.5) is 0 Å². The van der Waals surface area contributed by atoms with E-state index in [9.17, 15) is 0 Å². The number of benzene rings is 1. The van der Waals surface area contributed by atoms with Gasteiger partial charge in [0, 0.05) is 17.3 Å². The summed E-state index contributed by atoms with van der Waals surface area (Å²) in [7, 11) is 0. The number of hydrogen-bond acceptors (Lipinski definition) is 2. The fraction of sp³-hybridized carbons (Fsp3) is 0.647. The summed E-state index contributed by atoms with van der Waals surface area (Å²) >= 11 is 2.14. The fourth-order valence-electron chi connectivity index (χ4n) is 3.01. The van der Waals surface area contributed by atoms with Gasteiger partial charge in [-0.3, -0.25) is 0 Å². The zero-order valence-corrected chi connectivity index (χ0v) is 13.3. The van der Waals surface area contributed by atoms with Crippen molar-refractivity contribution in [2.24, 2.45) is 0 Å². The summed E-state index contributed by atoms with van der Waals surface area (Å²) in [5.74, 6) is 1.26. The van der Waals surface area contributed by atoms with Crippen LogP contribution in [0.5, 0.6) is 0 Å². The van der Waals surface area contributed by atoms with Gasteiger partial charge in [0.2, 0.25) is 0 Å². The van der Waals surface area contributed by atoms with E-state index in [0.717, 1.165) is 11.3 Å². The van der Waals surface area contributed by atoms with Crippen molar-refractivity contribution in [2.45, 2.75) is 63.8 Å². The highest BCUT2D eigenvalue weighted by Crippen LogP contribution is 2.31. The van der Waals surface area contributed by atoms with Crippen molar-refractivity contribution in [2.75, 3.05) is 5.75 Å². The molecule has 0 amide bonds. The molecule has 106 valence electrons. The molecule has 1 fully saturated rings. The number of rotatable bonds is 6. The van der Waals surface area contributed by atoms with Gasteiger partial charge in [-0.25, -0.2) is 0 Å². The highest BCUT2D eigenvalue weighted by Gasteiger charge is 2.26. The molecule has 2 heteroatoms. The van der Waals surface area contributed by atoms with Crippen LogP contribution in [0.3, 0.4) is 0 Å². The third-order valence-corrected chi connectivity index (χ3v) is 5.34. The van der Waals surface area contributed by atoms with E-state index in [1.54, 1.807) is 0 Å². The molecule has 1 aliphatic rings. The van der Waals surface area contributed by atoms with Crippen molar-refractivity contribution >= 4 is 11.8 Å². The largest absolute Gasteiger partial charge is 0.307 e. The molecule has 1 aliphatic carbocycles. The molecular weight excluding hydrogens is 250 g/mol. The summed E-state index contributed by atoms with van der Waals surface area (Å²) in [5, 5.41) is 4.76. The van der Waals surface area contributed by atoms with Crippen molar-refractivity contribution < 1.29 is 0 Å². The van der Waals surface area contributed by atoms with Crippen LogP contribution < -0.4 is 5.32 Å². The summed E-state index contributed by atoms with van der Waals surface area (Å²) < 4.78 is 0. The monoisotopic (exact) mass is 277 g/mol. The minimum absolute atomic E-state index is 0.524. The molecule has 3 atom stereocenters. The van der Waals surface area contributed by atoms with E-state index in [0.29, 0.717) is 6.04 Å². The van der Waals surface area contributed by atoms with Gasteiger partial charge in [-0.1, -0.05) is 43.7 Å². The maximum Gasteiger partial charge on any atom is 0.0320 e. The molecule has 0 radical (unpaired) electrons. The summed E-state index contributed by atoms with van der Waals surface area (Å²) in [5.41, 5.74) is 2.79. The van der Waals surface area contributed by atoms with Crippen LogP contribution in [0, 0.1) is 6.92 Å². The maximum atomic E-state index is 3.88. The molecule has 1 aromatic carbocycles. The molecule has 0 heterocycles. The lowest BCUT2D eigenvalue weighted by atomic mass is 10.0. The minimum Gasteiger partial charge on any atom is -0.307 e. The quantitative estimate of drug-likeness (QED) is 0.808. The van der Waals surface area contributed by atoms with Crippen molar-refractivity contribution in [3.8, 4) is 0 Å². The van der Waals surface area contributed by atoms with E-state index < -0.39 is 0 Å². The molecule has 2 rings (SSSR count). The topological polar surface area (TPSA) is 12.0 Å². The van der Waals surface area contributed by atoms with E-state index in [1.807, 2.05) is 0 Å². The summed E-state index contributed by atoms with van der Waals surface area (Å²) in [6.45, 7) is 6.71. The van der Waals surface area contributed by atoms with Gasteiger partial charge in [0.15, 0.2) is 0 Å². The molecule has 1 N–H and O–H groups in total. The number of nitrogens with one attached hydrogen (secondary N) is 1. The Labute approximate surface area is 122 Å². The zero-order chi connectivity index (χ0) is 13.7. The predicted molar refractivity (Wildman–Crippen MR) is 86.9 cm³/mol. The number of thioether (sulfide) groups is 1. The van der Waals surface area contributed by atoms with Crippen LogP contribution in [0.2, 0.25) is 0 Å². The van der Waals surface area contributed by atoms with Crippen LogP contribution in [0.15, 0.2) is 24.3 Å². The lowest BCUT2D eigenvalue weighted by Gasteiger charge is -2.22. The molecule has 0 spiro atoms. The van der Waals surface area contributed by atoms with Gasteiger partial charge in [-0.05, 0) is 43.9 Å². The van der Waals surface area contributed by atoms with Gasteiger partial charge >= 0.3 is 0 Å². The lowest BCUT2D eigenvalue weighted by Crippen LogP contribution is -2.30. The first kappa shape index (κ1) is 14.9. The Morgan fingerprint density at radius 3 is 2.58 bits per heavy atom. The Hall–Kier alpha value is -0.470. The highest BCUT2D eigenvalue weighted by molar-refractivity contribution is 7.99. The smallest absolute Gasteiger partial charge is 0.0320 e. The lowest BCUT2D eigenvalue weighted by molar-refractivity contribution is 0.431. The van der Waals surface area contributed by atoms with E-state index in [2.05, 4.69) is 62.1 Å². The molecule has 0 saturated heterocycles. The van der Waals surface area contributed by atoms with E-state index in [4.69, 9.17) is 0 Å². The van der Waals surface area contributed by atoms with Gasteiger partial charge in [-0.2, -0.15) is 11.8 Å². The first-order chi connectivity index (χ1) is 9.22. The van der Waals surface area contributed by atoms with E-state index in [-0.39, 0.29) is 0 Å². The van der Waals surface area contributed by atoms with Gasteiger partial charge in [-0.15, -0.1) is 0 Å². The second-order valence-corrected chi connectivity index (χ2v) is 7.20. The highest BCUT2D eigenvalue weighted by atomic mass is 32.2. The molecule has 0 bridgehead atoms. The summed E-state index contributed by atoms with van der Waals surface area (Å²) in [6, 6.07) is 10.3. The molecule has 1 saturated carbocycles. The Bertz CT molecular complexity index is 373. The molecule has 3 unspecified atom stereocenters. The number of aryl methyl sites for hydroxylation is 1. The normalized spacial score (nSPS) is 24.6. The first-order valence-corrected chi connectivity index (χ1v) is 8.72. The third kappa shape index (κ3) is 4.25. The van der Waals surface area contributed by atoms with Crippen molar-refractivity contribution in [1.82, 2.24) is 5.32 Å². The molecular formula is C17H27NS. The van der Waals surface area contributed by atoms with Crippen LogP contribution in [-0.4, -0.2) is 17.0 Å². The summed E-state index contributed by atoms with van der Waals surface area (Å²) in [6.07, 6.45) is 5.26. The van der Waals surface area contributed by atoms with Gasteiger partial charge in [0.25, 0.3) is 0 Å². The Kier molecular flexibility index (Phi) is 5.77. The maximum absolute atomic E-state index is 3.88. The Morgan fingerprint density at radius 2 is 1.95 bits per heavy atom. The van der Waals surface area contributed by atoms with Gasteiger partial charge < -0.3 is 5.32 Å². The predicted octanol–water partition coefficient (Wildman–Crippen LogP) is 4.71. The average molecular weight is 277 g/mol. The van der Waals surface area contributed by atoms with Crippen molar-refractivity contribution in [3.63, 3.8) is 0 Å².